The number of hydrogen-bond acceptors (Lipinski definition) is 4. The van der Waals surface area contributed by atoms with E-state index in [0.29, 0.717) is 29.9 Å². The first kappa shape index (κ1) is 22.6. The Balaban J connectivity index is 1.71. The van der Waals surface area contributed by atoms with Gasteiger partial charge in [0.05, 0.1) is 5.75 Å². The molecule has 31 heavy (non-hydrogen) atoms. The number of rotatable bonds is 8. The lowest BCUT2D eigenvalue weighted by Crippen LogP contribution is -2.33. The minimum absolute atomic E-state index is 0.0562. The predicted octanol–water partition coefficient (Wildman–Crippen LogP) is 3.31. The number of amides is 2. The number of nitrogens with zero attached hydrogens (tertiary/aromatic N) is 2. The van der Waals surface area contributed by atoms with Crippen molar-refractivity contribution in [2.24, 2.45) is 0 Å². The molecule has 0 saturated carbocycles. The summed E-state index contributed by atoms with van der Waals surface area (Å²) in [6, 6.07) is 14.0. The molecule has 2 amide bonds. The van der Waals surface area contributed by atoms with Crippen LogP contribution in [0.4, 0.5) is 5.69 Å². The smallest absolute Gasteiger partial charge is 0.255 e. The number of likely N-dealkylation sites (N-methyl/N-ethyl adjacent to an activating group) is 1. The van der Waals surface area contributed by atoms with Gasteiger partial charge in [-0.15, -0.1) is 0 Å². The molecule has 0 spiro atoms. The Kier molecular flexibility index (Phi) is 6.80. The highest BCUT2D eigenvalue weighted by molar-refractivity contribution is 7.89. The van der Waals surface area contributed by atoms with Gasteiger partial charge in [0, 0.05) is 47.7 Å². The van der Waals surface area contributed by atoms with Gasteiger partial charge in [0.25, 0.3) is 5.91 Å². The van der Waals surface area contributed by atoms with Gasteiger partial charge in [-0.05, 0) is 55.8 Å². The maximum Gasteiger partial charge on any atom is 0.255 e. The number of hydrogen-bond donors (Lipinski definition) is 1. The molecule has 0 radical (unpaired) electrons. The maximum atomic E-state index is 12.6. The fourth-order valence-electron chi connectivity index (χ4n) is 3.50. The molecule has 0 bridgehead atoms. The highest BCUT2D eigenvalue weighted by Crippen LogP contribution is 2.21. The van der Waals surface area contributed by atoms with Gasteiger partial charge >= 0.3 is 0 Å². The second-order valence-corrected chi connectivity index (χ2v) is 9.64. The van der Waals surface area contributed by atoms with Crippen molar-refractivity contribution in [3.8, 4) is 0 Å². The van der Waals surface area contributed by atoms with Gasteiger partial charge in [-0.1, -0.05) is 12.1 Å². The van der Waals surface area contributed by atoms with Crippen LogP contribution in [0.15, 0.2) is 54.7 Å². The Morgan fingerprint density at radius 2 is 1.68 bits per heavy atom. The van der Waals surface area contributed by atoms with Crippen molar-refractivity contribution in [2.45, 2.75) is 26.1 Å². The molecule has 0 aliphatic carbocycles. The summed E-state index contributed by atoms with van der Waals surface area (Å²) in [5.74, 6) is -0.264. The summed E-state index contributed by atoms with van der Waals surface area (Å²) in [5, 5.41) is 3.79. The van der Waals surface area contributed by atoms with E-state index < -0.39 is 9.84 Å². The molecule has 0 unspecified atom stereocenters. The zero-order valence-electron chi connectivity index (χ0n) is 18.0. The van der Waals surface area contributed by atoms with Gasteiger partial charge in [-0.25, -0.2) is 8.42 Å². The third kappa shape index (κ3) is 5.73. The molecule has 3 aromatic rings. The van der Waals surface area contributed by atoms with Crippen LogP contribution in [0.3, 0.4) is 0 Å². The van der Waals surface area contributed by atoms with Crippen molar-refractivity contribution in [1.29, 1.82) is 0 Å². The summed E-state index contributed by atoms with van der Waals surface area (Å²) in [6.45, 7) is 5.56. The number of aromatic nitrogens is 1. The number of carbonyl (C=O) groups excluding carboxylic acids is 2. The van der Waals surface area contributed by atoms with Gasteiger partial charge in [-0.3, -0.25) is 9.59 Å². The average Bonchev–Trinajstić information content (AvgIpc) is 3.10. The van der Waals surface area contributed by atoms with Crippen LogP contribution >= 0.6 is 0 Å². The van der Waals surface area contributed by atoms with Crippen LogP contribution in [-0.2, 0) is 26.9 Å². The molecule has 7 nitrogen and oxygen atoms in total. The van der Waals surface area contributed by atoms with Crippen molar-refractivity contribution in [1.82, 2.24) is 9.47 Å². The Morgan fingerprint density at radius 3 is 2.29 bits per heavy atom. The molecule has 3 rings (SSSR count). The summed E-state index contributed by atoms with van der Waals surface area (Å²) in [4.78, 5) is 26.7. The summed E-state index contributed by atoms with van der Waals surface area (Å²) >= 11 is 0. The molecule has 1 aromatic heterocycles. The lowest BCUT2D eigenvalue weighted by molar-refractivity contribution is -0.131. The highest BCUT2D eigenvalue weighted by Gasteiger charge is 2.13. The minimum atomic E-state index is -3.12. The van der Waals surface area contributed by atoms with Crippen LogP contribution in [0.5, 0.6) is 0 Å². The molecule has 164 valence electrons. The van der Waals surface area contributed by atoms with Crippen molar-refractivity contribution < 1.29 is 18.0 Å². The number of carbonyl (C=O) groups is 2. The first-order valence-corrected chi connectivity index (χ1v) is 12.2. The third-order valence-electron chi connectivity index (χ3n) is 5.10. The Bertz CT molecular complexity index is 1190. The third-order valence-corrected chi connectivity index (χ3v) is 5.95. The topological polar surface area (TPSA) is 88.5 Å². The quantitative estimate of drug-likeness (QED) is 0.581. The van der Waals surface area contributed by atoms with E-state index in [4.69, 9.17) is 0 Å². The second kappa shape index (κ2) is 9.34. The van der Waals surface area contributed by atoms with Crippen molar-refractivity contribution in [2.75, 3.05) is 24.7 Å². The van der Waals surface area contributed by atoms with Crippen LogP contribution in [-0.4, -0.2) is 49.0 Å². The number of anilines is 1. The van der Waals surface area contributed by atoms with Crippen LogP contribution in [0.1, 0.15) is 29.8 Å². The fourth-order valence-corrected chi connectivity index (χ4v) is 4.29. The minimum Gasteiger partial charge on any atom is -0.342 e. The average molecular weight is 442 g/mol. The highest BCUT2D eigenvalue weighted by atomic mass is 32.2. The number of fused-ring (bicyclic) bond motifs is 1. The lowest BCUT2D eigenvalue weighted by atomic mass is 10.1. The molecular weight excluding hydrogens is 414 g/mol. The summed E-state index contributed by atoms with van der Waals surface area (Å²) < 4.78 is 24.7. The largest absolute Gasteiger partial charge is 0.342 e. The summed E-state index contributed by atoms with van der Waals surface area (Å²) in [5.41, 5.74) is 2.65. The number of benzene rings is 2. The van der Waals surface area contributed by atoms with E-state index in [1.54, 1.807) is 35.2 Å². The Labute approximate surface area is 182 Å². The van der Waals surface area contributed by atoms with Crippen molar-refractivity contribution >= 4 is 38.2 Å². The van der Waals surface area contributed by atoms with E-state index in [1.165, 1.54) is 6.26 Å². The summed E-state index contributed by atoms with van der Waals surface area (Å²) in [7, 11) is -3.12. The van der Waals surface area contributed by atoms with Gasteiger partial charge in [-0.2, -0.15) is 0 Å². The van der Waals surface area contributed by atoms with Gasteiger partial charge in [0.15, 0.2) is 9.84 Å². The molecule has 0 aliphatic rings. The number of nitrogens with one attached hydrogen (secondary N) is 1. The molecule has 8 heteroatoms. The predicted molar refractivity (Wildman–Crippen MR) is 123 cm³/mol. The first-order valence-electron chi connectivity index (χ1n) is 10.1. The molecule has 0 aliphatic heterocycles. The van der Waals surface area contributed by atoms with Gasteiger partial charge in [0.2, 0.25) is 5.91 Å². The van der Waals surface area contributed by atoms with Crippen molar-refractivity contribution in [3.63, 3.8) is 0 Å². The van der Waals surface area contributed by atoms with E-state index >= 15 is 0 Å². The molecule has 1 heterocycles. The van der Waals surface area contributed by atoms with Gasteiger partial charge in [0.1, 0.15) is 6.54 Å². The fraction of sp³-hybridized carbons (Fsp3) is 0.304. The van der Waals surface area contributed by atoms with Gasteiger partial charge < -0.3 is 14.8 Å². The van der Waals surface area contributed by atoms with Crippen molar-refractivity contribution in [3.05, 3.63) is 65.9 Å². The molecule has 2 aromatic carbocycles. The van der Waals surface area contributed by atoms with E-state index in [0.717, 1.165) is 10.9 Å². The van der Waals surface area contributed by atoms with E-state index in [9.17, 15) is 18.0 Å². The van der Waals surface area contributed by atoms with Crippen LogP contribution in [0.25, 0.3) is 10.9 Å². The SMILES string of the molecule is CCN(CC)C(=O)Cn1ccc2cc(NC(=O)c3ccc(CS(C)(=O)=O)cc3)ccc21. The molecule has 1 N–H and O–H groups in total. The zero-order valence-corrected chi connectivity index (χ0v) is 18.8. The second-order valence-electron chi connectivity index (χ2n) is 7.50. The Morgan fingerprint density at radius 1 is 1.00 bits per heavy atom. The maximum absolute atomic E-state index is 12.6. The standard InChI is InChI=1S/C23H27N3O4S/c1-4-25(5-2)22(27)15-26-13-12-19-14-20(10-11-21(19)26)24-23(28)18-8-6-17(7-9-18)16-31(3,29)30/h6-14H,4-5,15-16H2,1-3H3,(H,24,28). The first-order chi connectivity index (χ1) is 14.7. The molecular formula is C23H27N3O4S. The van der Waals surface area contributed by atoms with Crippen LogP contribution < -0.4 is 5.32 Å². The molecule has 0 saturated heterocycles. The normalized spacial score (nSPS) is 11.5. The van der Waals surface area contributed by atoms with E-state index in [2.05, 4.69) is 5.32 Å². The monoisotopic (exact) mass is 441 g/mol. The summed E-state index contributed by atoms with van der Waals surface area (Å²) in [6.07, 6.45) is 3.05. The van der Waals surface area contributed by atoms with Crippen LogP contribution in [0, 0.1) is 0 Å². The lowest BCUT2D eigenvalue weighted by Gasteiger charge is -2.19. The van der Waals surface area contributed by atoms with E-state index in [1.807, 2.05) is 42.8 Å². The van der Waals surface area contributed by atoms with E-state index in [-0.39, 0.29) is 24.1 Å². The molecule has 0 atom stereocenters. The Hall–Kier alpha value is -3.13. The molecule has 0 fully saturated rings. The van der Waals surface area contributed by atoms with Crippen LogP contribution in [0.2, 0.25) is 0 Å². The number of sulfone groups is 1. The zero-order chi connectivity index (χ0) is 22.6.